The Kier molecular flexibility index (Phi) is 11.1. The van der Waals surface area contributed by atoms with E-state index in [9.17, 15) is 14.4 Å². The van der Waals surface area contributed by atoms with Gasteiger partial charge in [0.25, 0.3) is 0 Å². The normalized spacial score (nSPS) is 13.8. The Morgan fingerprint density at radius 3 is 2.36 bits per heavy atom. The van der Waals surface area contributed by atoms with Gasteiger partial charge in [-0.1, -0.05) is 28.2 Å². The first-order valence-corrected chi connectivity index (χ1v) is 10.3. The number of carbonyl (C=O) groups excluding carboxylic acids is 2. The van der Waals surface area contributed by atoms with Gasteiger partial charge in [-0.15, -0.1) is 0 Å². The molecule has 9 heteroatoms. The molecule has 0 saturated heterocycles. The van der Waals surface area contributed by atoms with Crippen LogP contribution in [0.4, 0.5) is 0 Å². The minimum absolute atomic E-state index is 0.0440. The topological polar surface area (TPSA) is 122 Å². The van der Waals surface area contributed by atoms with Gasteiger partial charge in [0.2, 0.25) is 5.91 Å². The molecule has 7 nitrogen and oxygen atoms in total. The fraction of sp³-hybridized carbons (Fsp3) is 0.688. The van der Waals surface area contributed by atoms with Gasteiger partial charge in [-0.25, -0.2) is 0 Å². The van der Waals surface area contributed by atoms with Gasteiger partial charge in [0.15, 0.2) is 0 Å². The number of allylic oxidation sites excluding steroid dienone is 1. The molecule has 0 aromatic carbocycles. The summed E-state index contributed by atoms with van der Waals surface area (Å²) in [5.41, 5.74) is 6.25. The molecule has 1 unspecified atom stereocenters. The molecule has 0 spiro atoms. The van der Waals surface area contributed by atoms with Crippen LogP contribution in [0.3, 0.4) is 0 Å². The monoisotopic (exact) mass is 391 g/mol. The van der Waals surface area contributed by atoms with E-state index in [2.05, 4.69) is 17.2 Å². The van der Waals surface area contributed by atoms with Crippen molar-refractivity contribution < 1.29 is 19.5 Å². The SMILES string of the molecule is C=C(CCSSC(C)(C)[C@@H](N)C(=O)O)NC(=O)C(CCC(C)=O)NC. The van der Waals surface area contributed by atoms with Gasteiger partial charge < -0.3 is 26.3 Å². The first-order chi connectivity index (χ1) is 11.5. The van der Waals surface area contributed by atoms with Gasteiger partial charge in [-0.05, 0) is 40.7 Å². The van der Waals surface area contributed by atoms with Crippen molar-refractivity contribution in [1.29, 1.82) is 0 Å². The van der Waals surface area contributed by atoms with E-state index in [0.717, 1.165) is 0 Å². The Hall–Kier alpha value is -1.03. The van der Waals surface area contributed by atoms with Crippen molar-refractivity contribution in [1.82, 2.24) is 10.6 Å². The first-order valence-electron chi connectivity index (χ1n) is 7.95. The molecule has 0 saturated carbocycles. The largest absolute Gasteiger partial charge is 0.480 e. The van der Waals surface area contributed by atoms with Crippen molar-refractivity contribution >= 4 is 39.2 Å². The highest BCUT2D eigenvalue weighted by Gasteiger charge is 2.32. The van der Waals surface area contributed by atoms with E-state index in [1.807, 2.05) is 0 Å². The summed E-state index contributed by atoms with van der Waals surface area (Å²) in [5.74, 6) is -0.530. The second-order valence-electron chi connectivity index (χ2n) is 6.25. The highest BCUT2D eigenvalue weighted by molar-refractivity contribution is 8.77. The van der Waals surface area contributed by atoms with Crippen molar-refractivity contribution in [3.05, 3.63) is 12.3 Å². The van der Waals surface area contributed by atoms with E-state index in [1.165, 1.54) is 28.5 Å². The lowest BCUT2D eigenvalue weighted by Crippen LogP contribution is -2.46. The van der Waals surface area contributed by atoms with Crippen LogP contribution in [0.5, 0.6) is 0 Å². The maximum absolute atomic E-state index is 12.1. The number of Topliss-reactive ketones (excluding diaryl/α,β-unsaturated/α-hetero) is 1. The summed E-state index contributed by atoms with van der Waals surface area (Å²) in [4.78, 5) is 34.1. The number of hydrogen-bond donors (Lipinski definition) is 4. The third-order valence-corrected chi connectivity index (χ3v) is 6.84. The molecule has 0 heterocycles. The molecule has 0 aliphatic carbocycles. The Morgan fingerprint density at radius 1 is 1.28 bits per heavy atom. The van der Waals surface area contributed by atoms with Crippen LogP contribution in [0.25, 0.3) is 0 Å². The quantitative estimate of drug-likeness (QED) is 0.275. The second-order valence-corrected chi connectivity index (χ2v) is 9.32. The van der Waals surface area contributed by atoms with Gasteiger partial charge in [0.05, 0.1) is 6.04 Å². The highest BCUT2D eigenvalue weighted by atomic mass is 33.1. The Labute approximate surface area is 157 Å². The second kappa shape index (κ2) is 11.6. The number of rotatable bonds is 13. The predicted molar refractivity (Wildman–Crippen MR) is 104 cm³/mol. The molecule has 0 fully saturated rings. The van der Waals surface area contributed by atoms with Crippen LogP contribution in [0.2, 0.25) is 0 Å². The van der Waals surface area contributed by atoms with Crippen molar-refractivity contribution in [3.8, 4) is 0 Å². The Bertz CT molecular complexity index is 498. The van der Waals surface area contributed by atoms with E-state index >= 15 is 0 Å². The molecule has 2 atom stereocenters. The maximum atomic E-state index is 12.1. The minimum Gasteiger partial charge on any atom is -0.480 e. The molecule has 5 N–H and O–H groups in total. The number of nitrogens with one attached hydrogen (secondary N) is 2. The van der Waals surface area contributed by atoms with Crippen LogP contribution in [0.15, 0.2) is 12.3 Å². The standard InChI is InChI=1S/C16H29N3O4S2/c1-10(19-14(21)12(18-5)7-6-11(2)20)8-9-24-25-16(3,4)13(17)15(22)23/h12-13,18H,1,6-9,17H2,2-5H3,(H,19,21)(H,22,23)/t12?,13-/m0/s1. The number of aliphatic carboxylic acids is 1. The zero-order chi connectivity index (χ0) is 19.6. The van der Waals surface area contributed by atoms with Crippen LogP contribution >= 0.6 is 21.6 Å². The van der Waals surface area contributed by atoms with Gasteiger partial charge in [0, 0.05) is 22.6 Å². The van der Waals surface area contributed by atoms with Crippen molar-refractivity contribution in [2.75, 3.05) is 12.8 Å². The highest BCUT2D eigenvalue weighted by Crippen LogP contribution is 2.38. The summed E-state index contributed by atoms with van der Waals surface area (Å²) >= 11 is 0. The lowest BCUT2D eigenvalue weighted by atomic mass is 10.1. The van der Waals surface area contributed by atoms with E-state index in [0.29, 0.717) is 30.7 Å². The summed E-state index contributed by atoms with van der Waals surface area (Å²) < 4.78 is -0.606. The lowest BCUT2D eigenvalue weighted by Gasteiger charge is -2.27. The molecule has 0 rings (SSSR count). The molecule has 144 valence electrons. The zero-order valence-corrected chi connectivity index (χ0v) is 16.9. The number of hydrogen-bond acceptors (Lipinski definition) is 7. The lowest BCUT2D eigenvalue weighted by molar-refractivity contribution is -0.139. The number of amides is 1. The van der Waals surface area contributed by atoms with Crippen LogP contribution in [0.1, 0.15) is 40.0 Å². The van der Waals surface area contributed by atoms with E-state index in [1.54, 1.807) is 20.9 Å². The number of nitrogens with two attached hydrogens (primary N) is 1. The maximum Gasteiger partial charge on any atom is 0.321 e. The molecule has 0 aromatic heterocycles. The Morgan fingerprint density at radius 2 is 1.88 bits per heavy atom. The third-order valence-electron chi connectivity index (χ3n) is 3.53. The molecule has 1 amide bonds. The van der Waals surface area contributed by atoms with Gasteiger partial charge in [-0.3, -0.25) is 9.59 Å². The molecule has 0 aromatic rings. The van der Waals surface area contributed by atoms with Gasteiger partial charge >= 0.3 is 5.97 Å². The fourth-order valence-corrected chi connectivity index (χ4v) is 4.43. The average Bonchev–Trinajstić information content (AvgIpc) is 2.50. The van der Waals surface area contributed by atoms with Crippen molar-refractivity contribution in [3.63, 3.8) is 0 Å². The van der Waals surface area contributed by atoms with Crippen LogP contribution in [0, 0.1) is 0 Å². The van der Waals surface area contributed by atoms with E-state index in [4.69, 9.17) is 10.8 Å². The van der Waals surface area contributed by atoms with Crippen molar-refractivity contribution in [2.45, 2.75) is 56.9 Å². The first kappa shape index (κ1) is 24.0. The van der Waals surface area contributed by atoms with Gasteiger partial charge in [0.1, 0.15) is 11.8 Å². The molecule has 25 heavy (non-hydrogen) atoms. The Balaban J connectivity index is 4.20. The van der Waals surface area contributed by atoms with Gasteiger partial charge in [-0.2, -0.15) is 0 Å². The van der Waals surface area contributed by atoms with Crippen molar-refractivity contribution in [2.24, 2.45) is 5.73 Å². The number of likely N-dealkylation sites (N-methyl/N-ethyl adjacent to an activating group) is 1. The molecule has 0 aliphatic rings. The summed E-state index contributed by atoms with van der Waals surface area (Å²) in [6.07, 6.45) is 1.35. The molecule has 0 aliphatic heterocycles. The zero-order valence-electron chi connectivity index (χ0n) is 15.3. The number of carbonyl (C=O) groups is 3. The van der Waals surface area contributed by atoms with Crippen LogP contribution in [-0.2, 0) is 14.4 Å². The van der Waals surface area contributed by atoms with Crippen LogP contribution < -0.4 is 16.4 Å². The number of carboxylic acids is 1. The number of carboxylic acid groups (broad SMARTS) is 1. The van der Waals surface area contributed by atoms with Crippen LogP contribution in [-0.4, -0.2) is 52.4 Å². The number of ketones is 1. The molecular formula is C16H29N3O4S2. The molecule has 0 radical (unpaired) electrons. The summed E-state index contributed by atoms with van der Waals surface area (Å²) in [7, 11) is 4.57. The predicted octanol–water partition coefficient (Wildman–Crippen LogP) is 1.54. The summed E-state index contributed by atoms with van der Waals surface area (Å²) in [5, 5.41) is 14.6. The minimum atomic E-state index is -1.03. The summed E-state index contributed by atoms with van der Waals surface area (Å²) in [6.45, 7) is 8.90. The molecule has 0 bridgehead atoms. The fourth-order valence-electron chi connectivity index (χ4n) is 1.79. The third kappa shape index (κ3) is 9.88. The summed E-state index contributed by atoms with van der Waals surface area (Å²) in [6, 6.07) is -1.39. The molecular weight excluding hydrogens is 362 g/mol. The van der Waals surface area contributed by atoms with E-state index in [-0.39, 0.29) is 11.7 Å². The average molecular weight is 392 g/mol. The van der Waals surface area contributed by atoms with E-state index < -0.39 is 22.8 Å². The smallest absolute Gasteiger partial charge is 0.321 e.